The molecule has 0 heterocycles. The Morgan fingerprint density at radius 2 is 2.00 bits per heavy atom. The molecule has 94 valence electrons. The number of benzene rings is 1. The molecule has 2 atom stereocenters. The summed E-state index contributed by atoms with van der Waals surface area (Å²) in [5, 5.41) is 9.81. The molecule has 2 nitrogen and oxygen atoms in total. The minimum absolute atomic E-state index is 0.140. The fourth-order valence-corrected chi connectivity index (χ4v) is 3.06. The van der Waals surface area contributed by atoms with Crippen molar-refractivity contribution in [1.82, 2.24) is 0 Å². The van der Waals surface area contributed by atoms with Gasteiger partial charge in [0.2, 0.25) is 0 Å². The van der Waals surface area contributed by atoms with Crippen molar-refractivity contribution < 1.29 is 9.84 Å². The summed E-state index contributed by atoms with van der Waals surface area (Å²) in [6.07, 6.45) is 3.96. The Labute approximate surface area is 104 Å². The van der Waals surface area contributed by atoms with Crippen LogP contribution in [0, 0.1) is 13.8 Å². The molecule has 17 heavy (non-hydrogen) atoms. The molecule has 1 aromatic carbocycles. The zero-order valence-electron chi connectivity index (χ0n) is 11.0. The van der Waals surface area contributed by atoms with Gasteiger partial charge in [0.15, 0.2) is 0 Å². The Kier molecular flexibility index (Phi) is 3.72. The van der Waals surface area contributed by atoms with Gasteiger partial charge in [0.25, 0.3) is 0 Å². The summed E-state index contributed by atoms with van der Waals surface area (Å²) in [4.78, 5) is 0. The Hall–Kier alpha value is -1.02. The van der Waals surface area contributed by atoms with Crippen LogP contribution in [0.1, 0.15) is 48.3 Å². The van der Waals surface area contributed by atoms with Crippen LogP contribution in [0.15, 0.2) is 12.1 Å². The summed E-state index contributed by atoms with van der Waals surface area (Å²) in [6, 6.07) is 4.31. The van der Waals surface area contributed by atoms with Crippen molar-refractivity contribution in [2.24, 2.45) is 0 Å². The molecular weight excluding hydrogens is 212 g/mol. The van der Waals surface area contributed by atoms with Crippen LogP contribution in [0.2, 0.25) is 0 Å². The lowest BCUT2D eigenvalue weighted by Crippen LogP contribution is -2.19. The molecule has 1 N–H and O–H groups in total. The predicted octanol–water partition coefficient (Wildman–Crippen LogP) is 3.33. The van der Waals surface area contributed by atoms with E-state index in [-0.39, 0.29) is 6.10 Å². The van der Waals surface area contributed by atoms with Crippen LogP contribution in [-0.2, 0) is 0 Å². The third-order valence-corrected chi connectivity index (χ3v) is 3.77. The standard InChI is InChI=1S/C15H22O2/c1-10-7-11(2)15(14(8-10)17-3)12-5-4-6-13(16)9-12/h7-8,12-13,16H,4-6,9H2,1-3H3. The van der Waals surface area contributed by atoms with Crippen LogP contribution >= 0.6 is 0 Å². The number of hydrogen-bond donors (Lipinski definition) is 1. The average molecular weight is 234 g/mol. The summed E-state index contributed by atoms with van der Waals surface area (Å²) in [5.74, 6) is 1.44. The number of aryl methyl sites for hydroxylation is 2. The third kappa shape index (κ3) is 2.63. The highest BCUT2D eigenvalue weighted by Gasteiger charge is 2.25. The maximum absolute atomic E-state index is 9.81. The molecule has 0 radical (unpaired) electrons. The first-order chi connectivity index (χ1) is 8.11. The molecule has 2 unspecified atom stereocenters. The quantitative estimate of drug-likeness (QED) is 0.850. The van der Waals surface area contributed by atoms with Gasteiger partial charge in [0, 0.05) is 5.56 Å². The van der Waals surface area contributed by atoms with Gasteiger partial charge >= 0.3 is 0 Å². The van der Waals surface area contributed by atoms with Gasteiger partial charge in [-0.25, -0.2) is 0 Å². The van der Waals surface area contributed by atoms with Crippen LogP contribution in [0.5, 0.6) is 5.75 Å². The number of methoxy groups -OCH3 is 1. The molecule has 0 aromatic heterocycles. The van der Waals surface area contributed by atoms with Crippen molar-refractivity contribution in [1.29, 1.82) is 0 Å². The number of ether oxygens (including phenoxy) is 1. The second-order valence-electron chi connectivity index (χ2n) is 5.22. The lowest BCUT2D eigenvalue weighted by atomic mass is 9.80. The zero-order chi connectivity index (χ0) is 12.4. The van der Waals surface area contributed by atoms with Crippen molar-refractivity contribution in [3.63, 3.8) is 0 Å². The van der Waals surface area contributed by atoms with Crippen LogP contribution in [0.25, 0.3) is 0 Å². The second-order valence-corrected chi connectivity index (χ2v) is 5.22. The van der Waals surface area contributed by atoms with E-state index in [1.165, 1.54) is 16.7 Å². The smallest absolute Gasteiger partial charge is 0.122 e. The first-order valence-corrected chi connectivity index (χ1v) is 6.45. The summed E-state index contributed by atoms with van der Waals surface area (Å²) >= 11 is 0. The number of aliphatic hydroxyl groups excluding tert-OH is 1. The number of aliphatic hydroxyl groups is 1. The molecule has 1 saturated carbocycles. The molecule has 0 spiro atoms. The van der Waals surface area contributed by atoms with Crippen molar-refractivity contribution in [2.75, 3.05) is 7.11 Å². The first-order valence-electron chi connectivity index (χ1n) is 6.45. The SMILES string of the molecule is COc1cc(C)cc(C)c1C1CCCC(O)C1. The fraction of sp³-hybridized carbons (Fsp3) is 0.600. The molecule has 1 aliphatic rings. The van der Waals surface area contributed by atoms with E-state index in [9.17, 15) is 5.11 Å². The Morgan fingerprint density at radius 3 is 2.65 bits per heavy atom. The van der Waals surface area contributed by atoms with Crippen LogP contribution in [-0.4, -0.2) is 18.3 Å². The Morgan fingerprint density at radius 1 is 1.24 bits per heavy atom. The van der Waals surface area contributed by atoms with Gasteiger partial charge in [-0.15, -0.1) is 0 Å². The van der Waals surface area contributed by atoms with E-state index in [0.717, 1.165) is 31.4 Å². The van der Waals surface area contributed by atoms with Gasteiger partial charge in [0.1, 0.15) is 5.75 Å². The van der Waals surface area contributed by atoms with E-state index in [1.54, 1.807) is 7.11 Å². The van der Waals surface area contributed by atoms with E-state index < -0.39 is 0 Å². The molecule has 1 fully saturated rings. The van der Waals surface area contributed by atoms with Gasteiger partial charge in [-0.05, 0) is 56.2 Å². The molecular formula is C15H22O2. The maximum Gasteiger partial charge on any atom is 0.122 e. The number of rotatable bonds is 2. The summed E-state index contributed by atoms with van der Waals surface area (Å²) in [6.45, 7) is 4.24. The van der Waals surface area contributed by atoms with Crippen molar-refractivity contribution in [3.05, 3.63) is 28.8 Å². The van der Waals surface area contributed by atoms with E-state index in [4.69, 9.17) is 4.74 Å². The minimum Gasteiger partial charge on any atom is -0.496 e. The molecule has 0 saturated heterocycles. The minimum atomic E-state index is -0.140. The van der Waals surface area contributed by atoms with Crippen LogP contribution in [0.4, 0.5) is 0 Å². The highest BCUT2D eigenvalue weighted by molar-refractivity contribution is 5.45. The number of hydrogen-bond acceptors (Lipinski definition) is 2. The largest absolute Gasteiger partial charge is 0.496 e. The van der Waals surface area contributed by atoms with E-state index in [2.05, 4.69) is 26.0 Å². The van der Waals surface area contributed by atoms with Gasteiger partial charge in [-0.3, -0.25) is 0 Å². The van der Waals surface area contributed by atoms with Crippen molar-refractivity contribution in [3.8, 4) is 5.75 Å². The normalized spacial score (nSPS) is 24.7. The third-order valence-electron chi connectivity index (χ3n) is 3.77. The van der Waals surface area contributed by atoms with Gasteiger partial charge in [0.05, 0.1) is 13.2 Å². The van der Waals surface area contributed by atoms with Gasteiger partial charge in [-0.2, -0.15) is 0 Å². The Balaban J connectivity index is 2.36. The topological polar surface area (TPSA) is 29.5 Å². The predicted molar refractivity (Wildman–Crippen MR) is 69.7 cm³/mol. The van der Waals surface area contributed by atoms with Crippen molar-refractivity contribution in [2.45, 2.75) is 51.6 Å². The summed E-state index contributed by atoms with van der Waals surface area (Å²) in [5.41, 5.74) is 3.83. The molecule has 2 heteroatoms. The first kappa shape index (κ1) is 12.4. The van der Waals surface area contributed by atoms with E-state index in [1.807, 2.05) is 0 Å². The average Bonchev–Trinajstić information content (AvgIpc) is 2.27. The highest BCUT2D eigenvalue weighted by atomic mass is 16.5. The summed E-state index contributed by atoms with van der Waals surface area (Å²) in [7, 11) is 1.73. The lowest BCUT2D eigenvalue weighted by Gasteiger charge is -2.28. The monoisotopic (exact) mass is 234 g/mol. The summed E-state index contributed by atoms with van der Waals surface area (Å²) < 4.78 is 5.51. The van der Waals surface area contributed by atoms with E-state index in [0.29, 0.717) is 5.92 Å². The lowest BCUT2D eigenvalue weighted by molar-refractivity contribution is 0.119. The van der Waals surface area contributed by atoms with Gasteiger partial charge < -0.3 is 9.84 Å². The molecule has 0 amide bonds. The van der Waals surface area contributed by atoms with Crippen LogP contribution in [0.3, 0.4) is 0 Å². The fourth-order valence-electron chi connectivity index (χ4n) is 3.06. The highest BCUT2D eigenvalue weighted by Crippen LogP contribution is 2.39. The maximum atomic E-state index is 9.81. The van der Waals surface area contributed by atoms with E-state index >= 15 is 0 Å². The molecule has 0 bridgehead atoms. The zero-order valence-corrected chi connectivity index (χ0v) is 11.0. The molecule has 1 aromatic rings. The van der Waals surface area contributed by atoms with Crippen LogP contribution < -0.4 is 4.74 Å². The van der Waals surface area contributed by atoms with Crippen molar-refractivity contribution >= 4 is 0 Å². The van der Waals surface area contributed by atoms with Gasteiger partial charge in [-0.1, -0.05) is 12.5 Å². The second kappa shape index (κ2) is 5.09. The molecule has 2 rings (SSSR count). The Bertz CT molecular complexity index is 398. The molecule has 0 aliphatic heterocycles. The molecule has 1 aliphatic carbocycles.